The van der Waals surface area contributed by atoms with E-state index in [0.717, 1.165) is 12.1 Å². The lowest BCUT2D eigenvalue weighted by Crippen LogP contribution is -2.37. The minimum atomic E-state index is -3.79. The Balaban J connectivity index is 1.61. The molecule has 2 aromatic carbocycles. The maximum absolute atomic E-state index is 13.1. The summed E-state index contributed by atoms with van der Waals surface area (Å²) in [5.74, 6) is -1.15. The van der Waals surface area contributed by atoms with E-state index in [2.05, 4.69) is 0 Å². The smallest absolute Gasteiger partial charge is 0.243 e. The van der Waals surface area contributed by atoms with Gasteiger partial charge in [-0.1, -0.05) is 18.2 Å². The van der Waals surface area contributed by atoms with Crippen molar-refractivity contribution in [3.05, 3.63) is 60.4 Å². The molecule has 1 heterocycles. The van der Waals surface area contributed by atoms with Gasteiger partial charge in [0.05, 0.1) is 15.5 Å². The zero-order valence-electron chi connectivity index (χ0n) is 16.3. The van der Waals surface area contributed by atoms with Gasteiger partial charge in [-0.3, -0.25) is 4.79 Å². The summed E-state index contributed by atoms with van der Waals surface area (Å²) in [4.78, 5) is 14.2. The van der Waals surface area contributed by atoms with Crippen LogP contribution in [0, 0.1) is 5.82 Å². The topological polar surface area (TPSA) is 91.8 Å². The lowest BCUT2D eigenvalue weighted by molar-refractivity contribution is -0.130. The Bertz CT molecular complexity index is 1090. The van der Waals surface area contributed by atoms with Gasteiger partial charge in [-0.2, -0.15) is 4.31 Å². The van der Waals surface area contributed by atoms with Crippen molar-refractivity contribution in [2.75, 3.05) is 31.9 Å². The number of carbonyl (C=O) groups is 1. The summed E-state index contributed by atoms with van der Waals surface area (Å²) in [5, 5.41) is 0. The summed E-state index contributed by atoms with van der Waals surface area (Å²) in [6, 6.07) is 12.6. The van der Waals surface area contributed by atoms with Crippen molar-refractivity contribution in [3.63, 3.8) is 0 Å². The predicted molar refractivity (Wildman–Crippen MR) is 109 cm³/mol. The highest BCUT2D eigenvalue weighted by molar-refractivity contribution is 7.91. The molecule has 2 aromatic rings. The SMILES string of the molecule is O=C(CCS(=O)(=O)c1ccccc1)N1CCCN(S(=O)(=O)c2ccc(F)cc2)CC1. The van der Waals surface area contributed by atoms with Crippen molar-refractivity contribution in [1.29, 1.82) is 0 Å². The van der Waals surface area contributed by atoms with E-state index >= 15 is 0 Å². The van der Waals surface area contributed by atoms with Crippen LogP contribution in [0.2, 0.25) is 0 Å². The largest absolute Gasteiger partial charge is 0.341 e. The van der Waals surface area contributed by atoms with Crippen LogP contribution in [0.5, 0.6) is 0 Å². The lowest BCUT2D eigenvalue weighted by Gasteiger charge is -2.22. The third kappa shape index (κ3) is 5.24. The number of sulfonamides is 1. The molecule has 0 unspecified atom stereocenters. The molecule has 0 radical (unpaired) electrons. The first-order valence-corrected chi connectivity index (χ1v) is 12.6. The molecular weight excluding hydrogens is 431 g/mol. The van der Waals surface area contributed by atoms with E-state index in [1.165, 1.54) is 33.5 Å². The first-order chi connectivity index (χ1) is 14.2. The van der Waals surface area contributed by atoms with Crippen LogP contribution in [0.15, 0.2) is 64.4 Å². The second kappa shape index (κ2) is 9.23. The van der Waals surface area contributed by atoms with E-state index in [1.54, 1.807) is 18.2 Å². The number of hydrogen-bond donors (Lipinski definition) is 0. The van der Waals surface area contributed by atoms with Crippen molar-refractivity contribution in [3.8, 4) is 0 Å². The zero-order valence-corrected chi connectivity index (χ0v) is 17.9. The number of rotatable bonds is 6. The molecule has 0 atom stereocenters. The van der Waals surface area contributed by atoms with Crippen molar-refractivity contribution < 1.29 is 26.0 Å². The van der Waals surface area contributed by atoms with Gasteiger partial charge in [0, 0.05) is 32.6 Å². The van der Waals surface area contributed by atoms with Gasteiger partial charge in [-0.25, -0.2) is 21.2 Å². The Morgan fingerprint density at radius 1 is 0.833 bits per heavy atom. The van der Waals surface area contributed by atoms with Gasteiger partial charge in [0.15, 0.2) is 9.84 Å². The molecule has 162 valence electrons. The maximum Gasteiger partial charge on any atom is 0.243 e. The minimum absolute atomic E-state index is 0.00219. The molecule has 7 nitrogen and oxygen atoms in total. The molecule has 0 N–H and O–H groups in total. The first kappa shape index (κ1) is 22.4. The number of sulfone groups is 1. The van der Waals surface area contributed by atoms with Crippen molar-refractivity contribution >= 4 is 25.8 Å². The maximum atomic E-state index is 13.1. The molecule has 0 saturated carbocycles. The highest BCUT2D eigenvalue weighted by Crippen LogP contribution is 2.19. The Hall–Kier alpha value is -2.30. The molecule has 1 saturated heterocycles. The molecule has 0 spiro atoms. The van der Waals surface area contributed by atoms with E-state index in [9.17, 15) is 26.0 Å². The standard InChI is InChI=1S/C20H23FN2O5S2/c21-17-7-9-19(10-8-17)30(27,28)23-13-4-12-22(14-15-23)20(24)11-16-29(25,26)18-5-2-1-3-6-18/h1-3,5-10H,4,11-16H2. The number of amides is 1. The molecule has 3 rings (SSSR count). The second-order valence-electron chi connectivity index (χ2n) is 6.97. The average Bonchev–Trinajstić information content (AvgIpc) is 3.00. The number of carbonyl (C=O) groups excluding carboxylic acids is 1. The van der Waals surface area contributed by atoms with Gasteiger partial charge in [-0.15, -0.1) is 0 Å². The van der Waals surface area contributed by atoms with E-state index in [4.69, 9.17) is 0 Å². The summed E-state index contributed by atoms with van der Waals surface area (Å²) in [5.41, 5.74) is 0. The molecule has 0 aromatic heterocycles. The van der Waals surface area contributed by atoms with Crippen LogP contribution in [0.25, 0.3) is 0 Å². The zero-order chi connectivity index (χ0) is 21.8. The number of halogens is 1. The molecule has 1 aliphatic rings. The summed E-state index contributed by atoms with van der Waals surface area (Å²) in [7, 11) is -7.35. The summed E-state index contributed by atoms with van der Waals surface area (Å²) in [6.45, 7) is 0.840. The van der Waals surface area contributed by atoms with Gasteiger partial charge in [0.25, 0.3) is 0 Å². The van der Waals surface area contributed by atoms with Crippen molar-refractivity contribution in [2.45, 2.75) is 22.6 Å². The Morgan fingerprint density at radius 3 is 2.17 bits per heavy atom. The first-order valence-electron chi connectivity index (χ1n) is 9.51. The Kier molecular flexibility index (Phi) is 6.89. The molecule has 1 amide bonds. The fourth-order valence-corrected chi connectivity index (χ4v) is 5.99. The van der Waals surface area contributed by atoms with Crippen LogP contribution in [0.1, 0.15) is 12.8 Å². The highest BCUT2D eigenvalue weighted by atomic mass is 32.2. The average molecular weight is 455 g/mol. The molecule has 0 aliphatic carbocycles. The van der Waals surface area contributed by atoms with Gasteiger partial charge in [0.2, 0.25) is 15.9 Å². The summed E-state index contributed by atoms with van der Waals surface area (Å²) in [6.07, 6.45) is 0.263. The summed E-state index contributed by atoms with van der Waals surface area (Å²) >= 11 is 0. The molecule has 10 heteroatoms. The number of benzene rings is 2. The van der Waals surface area contributed by atoms with Crippen LogP contribution < -0.4 is 0 Å². The van der Waals surface area contributed by atoms with Gasteiger partial charge in [0.1, 0.15) is 5.82 Å². The lowest BCUT2D eigenvalue weighted by atomic mass is 10.3. The van der Waals surface area contributed by atoms with Crippen molar-refractivity contribution in [1.82, 2.24) is 9.21 Å². The quantitative estimate of drug-likeness (QED) is 0.665. The fraction of sp³-hybridized carbons (Fsp3) is 0.350. The normalized spacial score (nSPS) is 16.2. The third-order valence-corrected chi connectivity index (χ3v) is 8.59. The van der Waals surface area contributed by atoms with Crippen LogP contribution in [0.3, 0.4) is 0 Å². The van der Waals surface area contributed by atoms with Crippen molar-refractivity contribution in [2.24, 2.45) is 0 Å². The van der Waals surface area contributed by atoms with Gasteiger partial charge >= 0.3 is 0 Å². The Morgan fingerprint density at radius 2 is 1.50 bits per heavy atom. The monoisotopic (exact) mass is 454 g/mol. The number of nitrogens with zero attached hydrogens (tertiary/aromatic N) is 2. The van der Waals surface area contributed by atoms with E-state index in [0.29, 0.717) is 13.0 Å². The van der Waals surface area contributed by atoms with Crippen LogP contribution in [0.4, 0.5) is 4.39 Å². The molecule has 0 bridgehead atoms. The Labute approximate surface area is 176 Å². The third-order valence-electron chi connectivity index (χ3n) is 4.95. The van der Waals surface area contributed by atoms with E-state index in [-0.39, 0.29) is 47.5 Å². The van der Waals surface area contributed by atoms with Gasteiger partial charge in [-0.05, 0) is 42.8 Å². The second-order valence-corrected chi connectivity index (χ2v) is 11.0. The van der Waals surface area contributed by atoms with E-state index < -0.39 is 25.7 Å². The molecule has 30 heavy (non-hydrogen) atoms. The number of hydrogen-bond acceptors (Lipinski definition) is 5. The van der Waals surface area contributed by atoms with Crippen LogP contribution in [-0.2, 0) is 24.7 Å². The fourth-order valence-electron chi connectivity index (χ4n) is 3.26. The highest BCUT2D eigenvalue weighted by Gasteiger charge is 2.28. The molecule has 1 aliphatic heterocycles. The molecule has 1 fully saturated rings. The van der Waals surface area contributed by atoms with E-state index in [1.807, 2.05) is 0 Å². The van der Waals surface area contributed by atoms with Crippen LogP contribution >= 0.6 is 0 Å². The summed E-state index contributed by atoms with van der Waals surface area (Å²) < 4.78 is 64.6. The van der Waals surface area contributed by atoms with Crippen LogP contribution in [-0.4, -0.2) is 63.9 Å². The predicted octanol–water partition coefficient (Wildman–Crippen LogP) is 1.91. The molecular formula is C20H23FN2O5S2. The minimum Gasteiger partial charge on any atom is -0.341 e. The van der Waals surface area contributed by atoms with Gasteiger partial charge < -0.3 is 4.90 Å².